The molecule has 4 aliphatic carbocycles. The Hall–Kier alpha value is -0.960. The maximum absolute atomic E-state index is 12.3. The van der Waals surface area contributed by atoms with Crippen molar-refractivity contribution in [3.05, 3.63) is 11.6 Å². The van der Waals surface area contributed by atoms with Crippen LogP contribution in [0.2, 0.25) is 0 Å². The van der Waals surface area contributed by atoms with E-state index < -0.39 is 0 Å². The Morgan fingerprint density at radius 3 is 2.67 bits per heavy atom. The Balaban J connectivity index is 1.65. The van der Waals surface area contributed by atoms with E-state index in [0.29, 0.717) is 30.0 Å². The smallest absolute Gasteiger partial charge is 0.161 e. The molecule has 24 heavy (non-hydrogen) atoms. The second-order valence-electron chi connectivity index (χ2n) is 9.27. The summed E-state index contributed by atoms with van der Waals surface area (Å²) >= 11 is 0. The summed E-state index contributed by atoms with van der Waals surface area (Å²) in [6, 6.07) is 0. The van der Waals surface area contributed by atoms with Gasteiger partial charge in [0.15, 0.2) is 11.6 Å². The van der Waals surface area contributed by atoms with Gasteiger partial charge in [0.2, 0.25) is 0 Å². The van der Waals surface area contributed by atoms with Crippen LogP contribution in [-0.4, -0.2) is 23.3 Å². The van der Waals surface area contributed by atoms with Gasteiger partial charge in [0, 0.05) is 12.3 Å². The van der Waals surface area contributed by atoms with Crippen LogP contribution in [0.5, 0.6) is 0 Å². The molecule has 3 unspecified atom stereocenters. The van der Waals surface area contributed by atoms with Crippen LogP contribution in [-0.2, 0) is 9.59 Å². The number of aliphatic hydroxyl groups is 1. The van der Waals surface area contributed by atoms with E-state index in [1.807, 2.05) is 6.08 Å². The highest BCUT2D eigenvalue weighted by Crippen LogP contribution is 2.66. The second kappa shape index (κ2) is 5.52. The van der Waals surface area contributed by atoms with Crippen LogP contribution in [0, 0.1) is 34.5 Å². The molecule has 3 nitrogen and oxygen atoms in total. The van der Waals surface area contributed by atoms with Crippen molar-refractivity contribution in [3.63, 3.8) is 0 Å². The molecule has 0 heterocycles. The van der Waals surface area contributed by atoms with Crippen LogP contribution >= 0.6 is 0 Å². The zero-order valence-electron chi connectivity index (χ0n) is 15.0. The Kier molecular flexibility index (Phi) is 3.80. The van der Waals surface area contributed by atoms with Gasteiger partial charge in [-0.15, -0.1) is 0 Å². The molecule has 0 aliphatic heterocycles. The van der Waals surface area contributed by atoms with E-state index >= 15 is 0 Å². The van der Waals surface area contributed by atoms with E-state index in [1.165, 1.54) is 18.4 Å². The highest BCUT2D eigenvalue weighted by atomic mass is 16.3. The number of allylic oxidation sites excluding steroid dienone is 1. The Bertz CT molecular complexity index is 606. The highest BCUT2D eigenvalue weighted by molar-refractivity contribution is 5.91. The van der Waals surface area contributed by atoms with Gasteiger partial charge in [0.1, 0.15) is 6.61 Å². The predicted molar refractivity (Wildman–Crippen MR) is 92.3 cm³/mol. The number of rotatable bonds is 2. The second-order valence-corrected chi connectivity index (χ2v) is 9.27. The largest absolute Gasteiger partial charge is 0.389 e. The molecule has 6 atom stereocenters. The molecule has 3 heteroatoms. The molecule has 0 amide bonds. The number of ketones is 2. The maximum atomic E-state index is 12.3. The Labute approximate surface area is 144 Å². The topological polar surface area (TPSA) is 54.4 Å². The Morgan fingerprint density at radius 1 is 1.12 bits per heavy atom. The molecule has 0 aromatic carbocycles. The molecule has 1 N–H and O–H groups in total. The molecule has 0 aromatic heterocycles. The first-order chi connectivity index (χ1) is 11.4. The lowest BCUT2D eigenvalue weighted by Crippen LogP contribution is -2.51. The number of Topliss-reactive ketones (excluding diaryl/α,β-unsaturated/α-hetero) is 1. The number of hydrogen-bond acceptors (Lipinski definition) is 3. The fraction of sp³-hybridized carbons (Fsp3) is 0.810. The maximum Gasteiger partial charge on any atom is 0.161 e. The summed E-state index contributed by atoms with van der Waals surface area (Å²) < 4.78 is 0. The molecule has 132 valence electrons. The summed E-state index contributed by atoms with van der Waals surface area (Å²) in [6.07, 6.45) is 10.3. The zero-order valence-corrected chi connectivity index (χ0v) is 15.0. The first-order valence-electron chi connectivity index (χ1n) is 9.77. The molecule has 3 fully saturated rings. The summed E-state index contributed by atoms with van der Waals surface area (Å²) in [5.74, 6) is 2.42. The van der Waals surface area contributed by atoms with Crippen molar-refractivity contribution in [3.8, 4) is 0 Å². The van der Waals surface area contributed by atoms with Gasteiger partial charge in [-0.05, 0) is 79.6 Å². The quantitative estimate of drug-likeness (QED) is 0.840. The fourth-order valence-corrected chi connectivity index (χ4v) is 7.20. The standard InChI is InChI=1S/C21H30O3/c1-20-9-7-14(23)11-13(20)3-4-15-16-5-6-18(19(24)12-22)21(16,2)10-8-17(15)20/h11,15-18,22H,3-10,12H2,1-2H3/t15?,16?,17?,18-,20+,21+/m1/s1. The summed E-state index contributed by atoms with van der Waals surface area (Å²) in [4.78, 5) is 24.1. The molecule has 4 aliphatic rings. The number of carbonyl (C=O) groups is 2. The average molecular weight is 330 g/mol. The van der Waals surface area contributed by atoms with Crippen molar-refractivity contribution >= 4 is 11.6 Å². The van der Waals surface area contributed by atoms with Gasteiger partial charge in [0.25, 0.3) is 0 Å². The van der Waals surface area contributed by atoms with Gasteiger partial charge in [0.05, 0.1) is 0 Å². The van der Waals surface area contributed by atoms with Crippen molar-refractivity contribution < 1.29 is 14.7 Å². The van der Waals surface area contributed by atoms with Crippen molar-refractivity contribution in [2.45, 2.75) is 65.2 Å². The third-order valence-electron chi connectivity index (χ3n) is 8.51. The van der Waals surface area contributed by atoms with Crippen molar-refractivity contribution in [1.82, 2.24) is 0 Å². The Morgan fingerprint density at radius 2 is 1.92 bits per heavy atom. The zero-order chi connectivity index (χ0) is 17.1. The van der Waals surface area contributed by atoms with E-state index in [2.05, 4.69) is 13.8 Å². The van der Waals surface area contributed by atoms with Crippen LogP contribution in [0.3, 0.4) is 0 Å². The summed E-state index contributed by atoms with van der Waals surface area (Å²) in [5, 5.41) is 9.36. The van der Waals surface area contributed by atoms with E-state index in [9.17, 15) is 14.7 Å². The summed E-state index contributed by atoms with van der Waals surface area (Å²) in [5.41, 5.74) is 1.70. The van der Waals surface area contributed by atoms with E-state index in [4.69, 9.17) is 0 Å². The van der Waals surface area contributed by atoms with Crippen molar-refractivity contribution in [2.24, 2.45) is 34.5 Å². The summed E-state index contributed by atoms with van der Waals surface area (Å²) in [6.45, 7) is 4.42. The molecule has 3 saturated carbocycles. The van der Waals surface area contributed by atoms with Gasteiger partial charge in [-0.3, -0.25) is 9.59 Å². The first kappa shape index (κ1) is 16.5. The fourth-order valence-electron chi connectivity index (χ4n) is 7.20. The minimum Gasteiger partial charge on any atom is -0.389 e. The number of fused-ring (bicyclic) bond motifs is 5. The molecule has 0 saturated heterocycles. The SMILES string of the molecule is C[C@]12CCC(=O)C=C1CCC1C2CC[C@@]2(C)C1CC[C@@H]2C(=O)CO. The first-order valence-corrected chi connectivity index (χ1v) is 9.77. The predicted octanol–water partition coefficient (Wildman–Crippen LogP) is 3.70. The lowest BCUT2D eigenvalue weighted by atomic mass is 9.46. The minimum absolute atomic E-state index is 0.0596. The van der Waals surface area contributed by atoms with Gasteiger partial charge in [-0.1, -0.05) is 19.4 Å². The number of carbonyl (C=O) groups excluding carboxylic acids is 2. The van der Waals surface area contributed by atoms with Crippen LogP contribution in [0.1, 0.15) is 65.2 Å². The van der Waals surface area contributed by atoms with Crippen molar-refractivity contribution in [2.75, 3.05) is 6.61 Å². The van der Waals surface area contributed by atoms with Crippen LogP contribution in [0.15, 0.2) is 11.6 Å². The normalized spacial score (nSPS) is 47.5. The lowest BCUT2D eigenvalue weighted by molar-refractivity contribution is -0.133. The molecular weight excluding hydrogens is 300 g/mol. The van der Waals surface area contributed by atoms with Gasteiger partial charge < -0.3 is 5.11 Å². The average Bonchev–Trinajstić information content (AvgIpc) is 2.92. The lowest BCUT2D eigenvalue weighted by Gasteiger charge is -2.58. The molecule has 0 radical (unpaired) electrons. The highest BCUT2D eigenvalue weighted by Gasteiger charge is 2.59. The van der Waals surface area contributed by atoms with Gasteiger partial charge in [-0.2, -0.15) is 0 Å². The molecule has 4 rings (SSSR count). The van der Waals surface area contributed by atoms with Crippen LogP contribution in [0.4, 0.5) is 0 Å². The minimum atomic E-state index is -0.298. The molecule has 0 spiro atoms. The van der Waals surface area contributed by atoms with E-state index in [1.54, 1.807) is 0 Å². The third kappa shape index (κ3) is 2.13. The molecular formula is C21H30O3. The van der Waals surface area contributed by atoms with E-state index in [0.717, 1.165) is 32.1 Å². The van der Waals surface area contributed by atoms with Crippen LogP contribution in [0.25, 0.3) is 0 Å². The van der Waals surface area contributed by atoms with Gasteiger partial charge in [-0.25, -0.2) is 0 Å². The van der Waals surface area contributed by atoms with E-state index in [-0.39, 0.29) is 29.1 Å². The third-order valence-corrected chi connectivity index (χ3v) is 8.51. The molecule has 0 bridgehead atoms. The summed E-state index contributed by atoms with van der Waals surface area (Å²) in [7, 11) is 0. The monoisotopic (exact) mass is 330 g/mol. The van der Waals surface area contributed by atoms with Crippen LogP contribution < -0.4 is 0 Å². The van der Waals surface area contributed by atoms with Gasteiger partial charge >= 0.3 is 0 Å². The molecule has 0 aromatic rings. The number of aliphatic hydroxyl groups excluding tert-OH is 1. The van der Waals surface area contributed by atoms with Crippen molar-refractivity contribution in [1.29, 1.82) is 0 Å². The number of hydrogen-bond donors (Lipinski definition) is 1.